The van der Waals surface area contributed by atoms with Gasteiger partial charge in [0.2, 0.25) is 0 Å². The van der Waals surface area contributed by atoms with Gasteiger partial charge in [-0.1, -0.05) is 0 Å². The molecular weight excluding hydrogens is 272 g/mol. The first kappa shape index (κ1) is 14.6. The highest BCUT2D eigenvalue weighted by Gasteiger charge is 2.10. The molecule has 0 saturated carbocycles. The van der Waals surface area contributed by atoms with Gasteiger partial charge in [0.15, 0.2) is 0 Å². The van der Waals surface area contributed by atoms with Crippen molar-refractivity contribution in [2.75, 3.05) is 7.11 Å². The lowest BCUT2D eigenvalue weighted by molar-refractivity contribution is -0.120. The van der Waals surface area contributed by atoms with Gasteiger partial charge in [0.1, 0.15) is 17.2 Å². The van der Waals surface area contributed by atoms with Crippen LogP contribution in [0, 0.1) is 6.92 Å². The van der Waals surface area contributed by atoms with E-state index in [1.54, 1.807) is 56.5 Å². The highest BCUT2D eigenvalue weighted by atomic mass is 16.5. The number of benzene rings is 2. The maximum absolute atomic E-state index is 12.0. The zero-order valence-electron chi connectivity index (χ0n) is 11.7. The molecule has 21 heavy (non-hydrogen) atoms. The smallest absolute Gasteiger partial charge is 0.343 e. The molecule has 0 bridgehead atoms. The molecule has 5 nitrogen and oxygen atoms in total. The summed E-state index contributed by atoms with van der Waals surface area (Å²) in [6.45, 7) is 2.11. The van der Waals surface area contributed by atoms with E-state index in [4.69, 9.17) is 14.2 Å². The van der Waals surface area contributed by atoms with E-state index in [0.717, 1.165) is 0 Å². The van der Waals surface area contributed by atoms with Gasteiger partial charge in [0.05, 0.1) is 12.7 Å². The first-order chi connectivity index (χ1) is 10.1. The van der Waals surface area contributed by atoms with E-state index in [9.17, 15) is 9.59 Å². The molecule has 0 radical (unpaired) electrons. The van der Waals surface area contributed by atoms with Crippen LogP contribution in [-0.4, -0.2) is 19.6 Å². The molecular formula is C16H14O5. The van der Waals surface area contributed by atoms with E-state index in [0.29, 0.717) is 34.8 Å². The number of rotatable bonds is 5. The largest absolute Gasteiger partial charge is 0.497 e. The molecule has 0 heterocycles. The third-order valence-electron chi connectivity index (χ3n) is 2.86. The number of hydrogen-bond acceptors (Lipinski definition) is 5. The normalized spacial score (nSPS) is 9.81. The van der Waals surface area contributed by atoms with Crippen LogP contribution in [0.1, 0.15) is 15.9 Å². The van der Waals surface area contributed by atoms with E-state index in [-0.39, 0.29) is 0 Å². The van der Waals surface area contributed by atoms with Crippen molar-refractivity contribution in [3.05, 3.63) is 53.6 Å². The summed E-state index contributed by atoms with van der Waals surface area (Å²) in [6, 6.07) is 11.4. The molecule has 0 fully saturated rings. The second kappa shape index (κ2) is 6.56. The molecule has 2 rings (SSSR count). The van der Waals surface area contributed by atoms with Gasteiger partial charge in [-0.25, -0.2) is 4.79 Å². The summed E-state index contributed by atoms with van der Waals surface area (Å²) in [5.41, 5.74) is 1.11. The van der Waals surface area contributed by atoms with E-state index < -0.39 is 5.97 Å². The Morgan fingerprint density at radius 2 is 1.71 bits per heavy atom. The quantitative estimate of drug-likeness (QED) is 0.480. The van der Waals surface area contributed by atoms with Crippen molar-refractivity contribution < 1.29 is 23.8 Å². The molecule has 0 amide bonds. The first-order valence-corrected chi connectivity index (χ1v) is 6.21. The fourth-order valence-corrected chi connectivity index (χ4v) is 1.76. The first-order valence-electron chi connectivity index (χ1n) is 6.21. The van der Waals surface area contributed by atoms with E-state index in [1.807, 2.05) is 0 Å². The molecule has 0 atom stereocenters. The van der Waals surface area contributed by atoms with Crippen LogP contribution >= 0.6 is 0 Å². The topological polar surface area (TPSA) is 61.8 Å². The number of carbonyl (C=O) groups is 2. The predicted molar refractivity (Wildman–Crippen MR) is 75.8 cm³/mol. The van der Waals surface area contributed by atoms with Crippen LogP contribution in [0.4, 0.5) is 0 Å². The lowest BCUT2D eigenvalue weighted by Crippen LogP contribution is -2.08. The Labute approximate surface area is 122 Å². The Kier molecular flexibility index (Phi) is 4.56. The Morgan fingerprint density at radius 3 is 2.29 bits per heavy atom. The summed E-state index contributed by atoms with van der Waals surface area (Å²) >= 11 is 0. The van der Waals surface area contributed by atoms with E-state index in [2.05, 4.69) is 0 Å². The van der Waals surface area contributed by atoms with Crippen LogP contribution in [0.15, 0.2) is 42.5 Å². The van der Waals surface area contributed by atoms with Crippen LogP contribution in [-0.2, 0) is 4.79 Å². The lowest BCUT2D eigenvalue weighted by atomic mass is 10.2. The Balaban J connectivity index is 2.11. The number of carbonyl (C=O) groups excluding carboxylic acids is 2. The van der Waals surface area contributed by atoms with Crippen molar-refractivity contribution in [2.45, 2.75) is 6.92 Å². The number of aryl methyl sites for hydroxylation is 1. The molecule has 0 unspecified atom stereocenters. The van der Waals surface area contributed by atoms with Gasteiger partial charge >= 0.3 is 5.97 Å². The molecule has 2 aromatic rings. The van der Waals surface area contributed by atoms with Crippen LogP contribution in [0.5, 0.6) is 17.2 Å². The van der Waals surface area contributed by atoms with Gasteiger partial charge in [0, 0.05) is 0 Å². The maximum atomic E-state index is 12.0. The van der Waals surface area contributed by atoms with Crippen LogP contribution in [0.25, 0.3) is 0 Å². The maximum Gasteiger partial charge on any atom is 0.343 e. The minimum atomic E-state index is -0.471. The summed E-state index contributed by atoms with van der Waals surface area (Å²) in [5.74, 6) is 1.000. The molecule has 0 spiro atoms. The number of ether oxygens (including phenoxy) is 3. The number of methoxy groups -OCH3 is 1. The van der Waals surface area contributed by atoms with Crippen molar-refractivity contribution in [1.82, 2.24) is 0 Å². The van der Waals surface area contributed by atoms with Gasteiger partial charge in [-0.3, -0.25) is 4.79 Å². The van der Waals surface area contributed by atoms with Gasteiger partial charge in [-0.05, 0) is 55.0 Å². The number of esters is 1. The lowest BCUT2D eigenvalue weighted by Gasteiger charge is -2.08. The molecule has 5 heteroatoms. The fraction of sp³-hybridized carbons (Fsp3) is 0.125. The molecule has 0 aromatic heterocycles. The van der Waals surface area contributed by atoms with Crippen LogP contribution < -0.4 is 14.2 Å². The minimum Gasteiger partial charge on any atom is -0.497 e. The third-order valence-corrected chi connectivity index (χ3v) is 2.86. The van der Waals surface area contributed by atoms with Crippen molar-refractivity contribution in [2.24, 2.45) is 0 Å². The van der Waals surface area contributed by atoms with Crippen molar-refractivity contribution >= 4 is 12.4 Å². The Morgan fingerprint density at radius 1 is 1.05 bits per heavy atom. The standard InChI is InChI=1S/C16H14O5/c1-11-9-14(7-8-15(11)20-10-17)21-16(18)12-3-5-13(19-2)6-4-12/h3-10H,1-2H3. The Bertz CT molecular complexity index is 646. The van der Waals surface area contributed by atoms with Crippen LogP contribution in [0.2, 0.25) is 0 Å². The van der Waals surface area contributed by atoms with E-state index in [1.165, 1.54) is 0 Å². The summed E-state index contributed by atoms with van der Waals surface area (Å²) in [6.07, 6.45) is 0. The molecule has 0 N–H and O–H groups in total. The number of hydrogen-bond donors (Lipinski definition) is 0. The van der Waals surface area contributed by atoms with Crippen molar-refractivity contribution in [3.8, 4) is 17.2 Å². The van der Waals surface area contributed by atoms with Crippen molar-refractivity contribution in [3.63, 3.8) is 0 Å². The second-order valence-electron chi connectivity index (χ2n) is 4.26. The molecule has 108 valence electrons. The van der Waals surface area contributed by atoms with Gasteiger partial charge in [-0.2, -0.15) is 0 Å². The van der Waals surface area contributed by atoms with Gasteiger partial charge in [0.25, 0.3) is 6.47 Å². The SMILES string of the molecule is COc1ccc(C(=O)Oc2ccc(OC=O)c(C)c2)cc1. The van der Waals surface area contributed by atoms with Gasteiger partial charge < -0.3 is 14.2 Å². The molecule has 0 aliphatic carbocycles. The predicted octanol–water partition coefficient (Wildman–Crippen LogP) is 2.76. The highest BCUT2D eigenvalue weighted by Crippen LogP contribution is 2.24. The van der Waals surface area contributed by atoms with Gasteiger partial charge in [-0.15, -0.1) is 0 Å². The molecule has 0 aliphatic heterocycles. The summed E-state index contributed by atoms with van der Waals surface area (Å²) in [7, 11) is 1.55. The zero-order valence-corrected chi connectivity index (χ0v) is 11.7. The van der Waals surface area contributed by atoms with Crippen molar-refractivity contribution in [1.29, 1.82) is 0 Å². The highest BCUT2D eigenvalue weighted by molar-refractivity contribution is 5.91. The zero-order chi connectivity index (χ0) is 15.2. The minimum absolute atomic E-state index is 0.353. The second-order valence-corrected chi connectivity index (χ2v) is 4.26. The Hall–Kier alpha value is -2.82. The average molecular weight is 286 g/mol. The van der Waals surface area contributed by atoms with E-state index >= 15 is 0 Å². The summed E-state index contributed by atoms with van der Waals surface area (Å²) in [5, 5.41) is 0. The molecule has 0 aliphatic rings. The fourth-order valence-electron chi connectivity index (χ4n) is 1.76. The molecule has 0 saturated heterocycles. The average Bonchev–Trinajstić information content (AvgIpc) is 2.50. The van der Waals surface area contributed by atoms with Crippen LogP contribution in [0.3, 0.4) is 0 Å². The third kappa shape index (κ3) is 3.60. The molecule has 2 aromatic carbocycles. The summed E-state index contributed by atoms with van der Waals surface area (Å²) < 4.78 is 15.1. The summed E-state index contributed by atoms with van der Waals surface area (Å²) in [4.78, 5) is 22.3. The monoisotopic (exact) mass is 286 g/mol.